The Labute approximate surface area is 174 Å². The van der Waals surface area contributed by atoms with Gasteiger partial charge in [-0.25, -0.2) is 12.8 Å². The van der Waals surface area contributed by atoms with Crippen LogP contribution in [0.25, 0.3) is 0 Å². The summed E-state index contributed by atoms with van der Waals surface area (Å²) in [7, 11) is -3.91. The van der Waals surface area contributed by atoms with Crippen molar-refractivity contribution in [1.29, 1.82) is 0 Å². The Morgan fingerprint density at radius 1 is 1.10 bits per heavy atom. The lowest BCUT2D eigenvalue weighted by Gasteiger charge is -2.36. The summed E-state index contributed by atoms with van der Waals surface area (Å²) < 4.78 is 46.5. The Morgan fingerprint density at radius 2 is 1.87 bits per heavy atom. The summed E-state index contributed by atoms with van der Waals surface area (Å²) in [5.74, 6) is -0.178. The van der Waals surface area contributed by atoms with Gasteiger partial charge in [0, 0.05) is 13.0 Å². The molecule has 1 aliphatic rings. The second-order valence-corrected chi connectivity index (χ2v) is 8.99. The molecule has 2 aromatic carbocycles. The highest BCUT2D eigenvalue weighted by Gasteiger charge is 2.37. The highest BCUT2D eigenvalue weighted by atomic mass is 32.2. The van der Waals surface area contributed by atoms with Crippen molar-refractivity contribution in [1.82, 2.24) is 9.62 Å². The van der Waals surface area contributed by atoms with E-state index < -0.39 is 21.9 Å². The molecule has 1 atom stereocenters. The number of carbonyl (C=O) groups is 1. The van der Waals surface area contributed by atoms with Crippen LogP contribution in [0.3, 0.4) is 0 Å². The fraction of sp³-hybridized carbons (Fsp3) is 0.227. The van der Waals surface area contributed by atoms with E-state index in [2.05, 4.69) is 5.32 Å². The van der Waals surface area contributed by atoms with Crippen molar-refractivity contribution in [3.63, 3.8) is 0 Å². The third kappa shape index (κ3) is 4.15. The Morgan fingerprint density at radius 3 is 2.60 bits per heavy atom. The molecule has 30 heavy (non-hydrogen) atoms. The minimum Gasteiger partial charge on any atom is -0.467 e. The van der Waals surface area contributed by atoms with Crippen LogP contribution in [-0.4, -0.2) is 25.2 Å². The third-order valence-electron chi connectivity index (χ3n) is 5.20. The molecule has 0 fully saturated rings. The summed E-state index contributed by atoms with van der Waals surface area (Å²) in [5.41, 5.74) is 1.83. The van der Waals surface area contributed by atoms with E-state index in [0.29, 0.717) is 12.2 Å². The van der Waals surface area contributed by atoms with Gasteiger partial charge in [-0.05, 0) is 53.9 Å². The Balaban J connectivity index is 1.62. The first-order valence-electron chi connectivity index (χ1n) is 9.59. The van der Waals surface area contributed by atoms with Crippen LogP contribution in [0.4, 0.5) is 4.39 Å². The van der Waals surface area contributed by atoms with Crippen molar-refractivity contribution in [3.8, 4) is 0 Å². The minimum absolute atomic E-state index is 0.00396. The lowest BCUT2D eigenvalue weighted by molar-refractivity contribution is -0.122. The van der Waals surface area contributed by atoms with Gasteiger partial charge in [0.1, 0.15) is 11.6 Å². The number of benzene rings is 2. The van der Waals surface area contributed by atoms with Crippen molar-refractivity contribution in [2.75, 3.05) is 6.54 Å². The fourth-order valence-electron chi connectivity index (χ4n) is 3.72. The number of sulfonamides is 1. The number of fused-ring (bicyclic) bond motifs is 1. The first-order valence-corrected chi connectivity index (χ1v) is 11.0. The lowest BCUT2D eigenvalue weighted by atomic mass is 9.92. The van der Waals surface area contributed by atoms with Gasteiger partial charge in [0.05, 0.1) is 23.7 Å². The summed E-state index contributed by atoms with van der Waals surface area (Å²) in [6.45, 7) is 0.470. The van der Waals surface area contributed by atoms with Gasteiger partial charge < -0.3 is 9.73 Å². The van der Waals surface area contributed by atoms with E-state index >= 15 is 0 Å². The van der Waals surface area contributed by atoms with Gasteiger partial charge in [0.25, 0.3) is 0 Å². The van der Waals surface area contributed by atoms with Crippen molar-refractivity contribution >= 4 is 15.9 Å². The molecule has 0 radical (unpaired) electrons. The van der Waals surface area contributed by atoms with Crippen LogP contribution in [0.1, 0.15) is 29.3 Å². The molecule has 8 heteroatoms. The maximum absolute atomic E-state index is 13.3. The number of rotatable bonds is 6. The van der Waals surface area contributed by atoms with Gasteiger partial charge in [0.15, 0.2) is 0 Å². The monoisotopic (exact) mass is 428 g/mol. The molecule has 6 nitrogen and oxygen atoms in total. The second-order valence-electron chi connectivity index (χ2n) is 7.09. The zero-order valence-corrected chi connectivity index (χ0v) is 16.9. The molecule has 0 saturated carbocycles. The lowest BCUT2D eigenvalue weighted by Crippen LogP contribution is -2.42. The molecule has 0 aliphatic carbocycles. The summed E-state index contributed by atoms with van der Waals surface area (Å²) in [6, 6.07) is 15.1. The summed E-state index contributed by atoms with van der Waals surface area (Å²) >= 11 is 0. The van der Waals surface area contributed by atoms with Crippen LogP contribution in [-0.2, 0) is 27.8 Å². The Hall–Kier alpha value is -2.97. The zero-order chi connectivity index (χ0) is 21.1. The second kappa shape index (κ2) is 8.41. The molecule has 156 valence electrons. The standard InChI is InChI=1S/C22H21FN2O4S/c23-17-7-9-19(10-8-17)30(27,28)25-12-11-16-4-1-2-6-20(16)21(25)14-22(26)24-15-18-5-3-13-29-18/h1-10,13,21H,11-12,14-15H2,(H,24,26)/t21-/m0/s1. The van der Waals surface area contributed by atoms with Crippen molar-refractivity contribution in [3.05, 3.63) is 89.6 Å². The maximum Gasteiger partial charge on any atom is 0.243 e. The molecule has 0 unspecified atom stereocenters. The van der Waals surface area contributed by atoms with Gasteiger partial charge in [0.2, 0.25) is 15.9 Å². The van der Waals surface area contributed by atoms with Crippen LogP contribution in [0.2, 0.25) is 0 Å². The number of amides is 1. The van der Waals surface area contributed by atoms with Gasteiger partial charge in [-0.3, -0.25) is 4.79 Å². The topological polar surface area (TPSA) is 79.6 Å². The van der Waals surface area contributed by atoms with Crippen LogP contribution in [0.5, 0.6) is 0 Å². The number of nitrogens with one attached hydrogen (secondary N) is 1. The van der Waals surface area contributed by atoms with E-state index in [1.54, 1.807) is 12.1 Å². The number of hydrogen-bond acceptors (Lipinski definition) is 4. The van der Waals surface area contributed by atoms with E-state index in [4.69, 9.17) is 4.42 Å². The SMILES string of the molecule is O=C(C[C@H]1c2ccccc2CCN1S(=O)(=O)c1ccc(F)cc1)NCc1ccco1. The highest BCUT2D eigenvalue weighted by molar-refractivity contribution is 7.89. The fourth-order valence-corrected chi connectivity index (χ4v) is 5.32. The molecule has 1 aromatic heterocycles. The van der Waals surface area contributed by atoms with Crippen LogP contribution in [0.15, 0.2) is 76.2 Å². The maximum atomic E-state index is 13.3. The van der Waals surface area contributed by atoms with Gasteiger partial charge >= 0.3 is 0 Å². The van der Waals surface area contributed by atoms with Crippen LogP contribution >= 0.6 is 0 Å². The molecule has 0 spiro atoms. The van der Waals surface area contributed by atoms with Gasteiger partial charge in [-0.2, -0.15) is 4.31 Å². The van der Waals surface area contributed by atoms with Crippen LogP contribution < -0.4 is 5.32 Å². The number of carbonyl (C=O) groups excluding carboxylic acids is 1. The predicted octanol–water partition coefficient (Wildman–Crippen LogP) is 3.41. The number of hydrogen-bond donors (Lipinski definition) is 1. The van der Waals surface area contributed by atoms with E-state index in [-0.39, 0.29) is 30.3 Å². The number of halogens is 1. The van der Waals surface area contributed by atoms with E-state index in [0.717, 1.165) is 23.3 Å². The molecule has 0 saturated heterocycles. The molecule has 3 aromatic rings. The van der Waals surface area contributed by atoms with Crippen LogP contribution in [0, 0.1) is 5.82 Å². The molecular formula is C22H21FN2O4S. The van der Waals surface area contributed by atoms with E-state index in [1.165, 1.54) is 22.7 Å². The van der Waals surface area contributed by atoms with E-state index in [1.807, 2.05) is 24.3 Å². The molecule has 2 heterocycles. The highest BCUT2D eigenvalue weighted by Crippen LogP contribution is 2.36. The smallest absolute Gasteiger partial charge is 0.243 e. The minimum atomic E-state index is -3.91. The van der Waals surface area contributed by atoms with Crippen molar-refractivity contribution in [2.24, 2.45) is 0 Å². The first-order chi connectivity index (χ1) is 14.4. The molecule has 0 bridgehead atoms. The van der Waals surface area contributed by atoms with E-state index in [9.17, 15) is 17.6 Å². The quantitative estimate of drug-likeness (QED) is 0.653. The zero-order valence-electron chi connectivity index (χ0n) is 16.1. The summed E-state index contributed by atoms with van der Waals surface area (Å²) in [5, 5.41) is 2.78. The Kier molecular flexibility index (Phi) is 5.69. The molecule has 4 rings (SSSR count). The molecule has 1 aliphatic heterocycles. The van der Waals surface area contributed by atoms with Gasteiger partial charge in [-0.15, -0.1) is 0 Å². The largest absolute Gasteiger partial charge is 0.467 e. The average Bonchev–Trinajstić information content (AvgIpc) is 3.26. The predicted molar refractivity (Wildman–Crippen MR) is 108 cm³/mol. The Bertz CT molecular complexity index is 1130. The molecular weight excluding hydrogens is 407 g/mol. The first kappa shape index (κ1) is 20.3. The van der Waals surface area contributed by atoms with Gasteiger partial charge in [-0.1, -0.05) is 24.3 Å². The normalized spacial score (nSPS) is 16.8. The molecule has 1 amide bonds. The van der Waals surface area contributed by atoms with Crippen molar-refractivity contribution < 1.29 is 22.0 Å². The number of nitrogens with zero attached hydrogens (tertiary/aromatic N) is 1. The molecule has 1 N–H and O–H groups in total. The third-order valence-corrected chi connectivity index (χ3v) is 7.12. The number of furan rings is 1. The summed E-state index contributed by atoms with van der Waals surface area (Å²) in [4.78, 5) is 12.7. The van der Waals surface area contributed by atoms with Crippen molar-refractivity contribution in [2.45, 2.75) is 30.3 Å². The average molecular weight is 428 g/mol. The summed E-state index contributed by atoms with van der Waals surface area (Å²) in [6.07, 6.45) is 2.04.